The fourth-order valence-corrected chi connectivity index (χ4v) is 2.63. The lowest BCUT2D eigenvalue weighted by atomic mass is 10.2. The van der Waals surface area contributed by atoms with Gasteiger partial charge in [-0.3, -0.25) is 4.79 Å². The number of nitrogens with one attached hydrogen (secondary N) is 2. The van der Waals surface area contributed by atoms with Crippen LogP contribution in [-0.4, -0.2) is 36.4 Å². The van der Waals surface area contributed by atoms with Gasteiger partial charge in [-0.25, -0.2) is 4.98 Å². The maximum atomic E-state index is 11.6. The van der Waals surface area contributed by atoms with E-state index in [0.29, 0.717) is 17.6 Å². The molecule has 0 unspecified atom stereocenters. The highest BCUT2D eigenvalue weighted by atomic mass is 35.5. The predicted octanol–water partition coefficient (Wildman–Crippen LogP) is 2.91. The minimum atomic E-state index is -0.0278. The van der Waals surface area contributed by atoms with Gasteiger partial charge in [-0.1, -0.05) is 11.6 Å². The standard InChI is InChI=1S/C14H17ClN4OS/c1-19(2)9-13(20)18-11-5-3-10(4-6-11)16-7-12-8-17-14(15)21-12/h3-6,8,16H,7,9H2,1-2H3,(H,18,20). The average molecular weight is 325 g/mol. The van der Waals surface area contributed by atoms with Gasteiger partial charge in [-0.2, -0.15) is 0 Å². The Bertz CT molecular complexity index is 597. The highest BCUT2D eigenvalue weighted by molar-refractivity contribution is 7.15. The van der Waals surface area contributed by atoms with Crippen molar-refractivity contribution in [2.45, 2.75) is 6.54 Å². The van der Waals surface area contributed by atoms with Crippen LogP contribution >= 0.6 is 22.9 Å². The van der Waals surface area contributed by atoms with E-state index in [1.165, 1.54) is 11.3 Å². The zero-order chi connectivity index (χ0) is 15.2. The number of likely N-dealkylation sites (N-methyl/N-ethyl adjacent to an activating group) is 1. The van der Waals surface area contributed by atoms with E-state index in [-0.39, 0.29) is 5.91 Å². The van der Waals surface area contributed by atoms with E-state index >= 15 is 0 Å². The van der Waals surface area contributed by atoms with Crippen LogP contribution in [0.5, 0.6) is 0 Å². The molecule has 21 heavy (non-hydrogen) atoms. The number of anilines is 2. The molecule has 5 nitrogen and oxygen atoms in total. The van der Waals surface area contributed by atoms with Gasteiger partial charge < -0.3 is 15.5 Å². The number of aromatic nitrogens is 1. The molecule has 1 amide bonds. The van der Waals surface area contributed by atoms with Gasteiger partial charge in [0.25, 0.3) is 0 Å². The van der Waals surface area contributed by atoms with Crippen molar-refractivity contribution in [2.75, 3.05) is 31.3 Å². The molecular formula is C14H17ClN4OS. The number of thiazole rings is 1. The molecule has 0 fully saturated rings. The Kier molecular flexibility index (Phi) is 5.55. The van der Waals surface area contributed by atoms with Crippen LogP contribution in [-0.2, 0) is 11.3 Å². The second-order valence-corrected chi connectivity index (χ2v) is 6.49. The molecule has 112 valence electrons. The van der Waals surface area contributed by atoms with Gasteiger partial charge in [-0.05, 0) is 38.4 Å². The molecule has 0 aliphatic heterocycles. The summed E-state index contributed by atoms with van der Waals surface area (Å²) in [5.41, 5.74) is 1.76. The monoisotopic (exact) mass is 324 g/mol. The number of carbonyl (C=O) groups is 1. The number of halogens is 1. The Labute approximate surface area is 132 Å². The molecule has 2 rings (SSSR count). The van der Waals surface area contributed by atoms with Crippen molar-refractivity contribution >= 4 is 40.2 Å². The van der Waals surface area contributed by atoms with Crippen molar-refractivity contribution in [3.8, 4) is 0 Å². The fraction of sp³-hybridized carbons (Fsp3) is 0.286. The van der Waals surface area contributed by atoms with Crippen molar-refractivity contribution in [1.82, 2.24) is 9.88 Å². The third-order valence-electron chi connectivity index (χ3n) is 2.62. The second kappa shape index (κ2) is 7.40. The lowest BCUT2D eigenvalue weighted by Gasteiger charge is -2.11. The van der Waals surface area contributed by atoms with Gasteiger partial charge in [0.15, 0.2) is 4.47 Å². The van der Waals surface area contributed by atoms with Crippen LogP contribution in [0.2, 0.25) is 4.47 Å². The molecule has 0 atom stereocenters. The Hall–Kier alpha value is -1.63. The van der Waals surface area contributed by atoms with Gasteiger partial charge in [0.05, 0.1) is 13.1 Å². The van der Waals surface area contributed by atoms with Crippen LogP contribution in [0.15, 0.2) is 30.5 Å². The van der Waals surface area contributed by atoms with Crippen LogP contribution in [0, 0.1) is 0 Å². The van der Waals surface area contributed by atoms with Gasteiger partial charge in [-0.15, -0.1) is 11.3 Å². The van der Waals surface area contributed by atoms with Crippen LogP contribution in [0.25, 0.3) is 0 Å². The maximum Gasteiger partial charge on any atom is 0.238 e. The van der Waals surface area contributed by atoms with Crippen LogP contribution in [0.4, 0.5) is 11.4 Å². The first kappa shape index (κ1) is 15.8. The summed E-state index contributed by atoms with van der Waals surface area (Å²) in [6, 6.07) is 7.59. The van der Waals surface area contributed by atoms with E-state index < -0.39 is 0 Å². The zero-order valence-electron chi connectivity index (χ0n) is 11.9. The largest absolute Gasteiger partial charge is 0.380 e. The molecule has 2 aromatic rings. The fourth-order valence-electron chi connectivity index (χ4n) is 1.71. The summed E-state index contributed by atoms with van der Waals surface area (Å²) in [6.45, 7) is 1.04. The molecule has 0 aliphatic carbocycles. The molecule has 2 N–H and O–H groups in total. The Morgan fingerprint density at radius 1 is 1.29 bits per heavy atom. The minimum absolute atomic E-state index is 0.0278. The quantitative estimate of drug-likeness (QED) is 0.858. The van der Waals surface area contributed by atoms with E-state index in [0.717, 1.165) is 16.3 Å². The first-order valence-corrected chi connectivity index (χ1v) is 7.61. The zero-order valence-corrected chi connectivity index (χ0v) is 13.5. The Morgan fingerprint density at radius 3 is 2.52 bits per heavy atom. The van der Waals surface area contributed by atoms with Crippen molar-refractivity contribution in [3.63, 3.8) is 0 Å². The van der Waals surface area contributed by atoms with Crippen molar-refractivity contribution < 1.29 is 4.79 Å². The van der Waals surface area contributed by atoms with Crippen LogP contribution in [0.1, 0.15) is 4.88 Å². The summed E-state index contributed by atoms with van der Waals surface area (Å²) >= 11 is 7.24. The molecule has 0 saturated carbocycles. The number of amides is 1. The molecule has 0 spiro atoms. The van der Waals surface area contributed by atoms with Crippen LogP contribution in [0.3, 0.4) is 0 Å². The number of carbonyl (C=O) groups excluding carboxylic acids is 1. The average Bonchev–Trinajstić information content (AvgIpc) is 2.83. The summed E-state index contributed by atoms with van der Waals surface area (Å²) in [7, 11) is 3.72. The molecule has 0 radical (unpaired) electrons. The summed E-state index contributed by atoms with van der Waals surface area (Å²) in [4.78, 5) is 18.5. The highest BCUT2D eigenvalue weighted by Crippen LogP contribution is 2.20. The summed E-state index contributed by atoms with van der Waals surface area (Å²) in [5.74, 6) is -0.0278. The molecule has 1 heterocycles. The second-order valence-electron chi connectivity index (χ2n) is 4.80. The van der Waals surface area contributed by atoms with E-state index in [1.54, 1.807) is 6.20 Å². The van der Waals surface area contributed by atoms with E-state index in [2.05, 4.69) is 15.6 Å². The van der Waals surface area contributed by atoms with Crippen molar-refractivity contribution in [3.05, 3.63) is 39.8 Å². The highest BCUT2D eigenvalue weighted by Gasteiger charge is 2.04. The third kappa shape index (κ3) is 5.34. The van der Waals surface area contributed by atoms with Gasteiger partial charge >= 0.3 is 0 Å². The van der Waals surface area contributed by atoms with Gasteiger partial charge in [0.2, 0.25) is 5.91 Å². The number of benzene rings is 1. The summed E-state index contributed by atoms with van der Waals surface area (Å²) in [6.07, 6.45) is 1.76. The molecule has 0 bridgehead atoms. The minimum Gasteiger partial charge on any atom is -0.380 e. The SMILES string of the molecule is CN(C)CC(=O)Nc1ccc(NCc2cnc(Cl)s2)cc1. The summed E-state index contributed by atoms with van der Waals surface area (Å²) < 4.78 is 0.547. The van der Waals surface area contributed by atoms with Gasteiger partial charge in [0.1, 0.15) is 0 Å². The van der Waals surface area contributed by atoms with Crippen LogP contribution < -0.4 is 10.6 Å². The molecule has 7 heteroatoms. The topological polar surface area (TPSA) is 57.3 Å². The number of hydrogen-bond acceptors (Lipinski definition) is 5. The van der Waals surface area contributed by atoms with Crippen molar-refractivity contribution in [2.24, 2.45) is 0 Å². The smallest absolute Gasteiger partial charge is 0.238 e. The molecule has 1 aromatic heterocycles. The van der Waals surface area contributed by atoms with E-state index in [9.17, 15) is 4.79 Å². The molecule has 0 saturated heterocycles. The Morgan fingerprint density at radius 2 is 1.95 bits per heavy atom. The first-order chi connectivity index (χ1) is 10.0. The number of rotatable bonds is 6. The van der Waals surface area contributed by atoms with E-state index in [1.807, 2.05) is 43.3 Å². The molecule has 0 aliphatic rings. The maximum absolute atomic E-state index is 11.6. The third-order valence-corrected chi connectivity index (χ3v) is 3.74. The lowest BCUT2D eigenvalue weighted by molar-refractivity contribution is -0.116. The number of nitrogens with zero attached hydrogens (tertiary/aromatic N) is 2. The predicted molar refractivity (Wildman–Crippen MR) is 88.1 cm³/mol. The lowest BCUT2D eigenvalue weighted by Crippen LogP contribution is -2.27. The van der Waals surface area contributed by atoms with Crippen molar-refractivity contribution in [1.29, 1.82) is 0 Å². The van der Waals surface area contributed by atoms with Gasteiger partial charge in [0, 0.05) is 22.4 Å². The molecular weight excluding hydrogens is 308 g/mol. The Balaban J connectivity index is 1.85. The normalized spacial score (nSPS) is 10.7. The number of hydrogen-bond donors (Lipinski definition) is 2. The van der Waals surface area contributed by atoms with E-state index in [4.69, 9.17) is 11.6 Å². The first-order valence-electron chi connectivity index (χ1n) is 6.41. The summed E-state index contributed by atoms with van der Waals surface area (Å²) in [5, 5.41) is 6.12. The molecule has 1 aromatic carbocycles.